The number of anilines is 1. The molecule has 0 aliphatic carbocycles. The molecule has 0 bridgehead atoms. The summed E-state index contributed by atoms with van der Waals surface area (Å²) in [4.78, 5) is 20.5. The van der Waals surface area contributed by atoms with Gasteiger partial charge >= 0.3 is 5.97 Å². The quantitative estimate of drug-likeness (QED) is 0.718. The zero-order valence-corrected chi connectivity index (χ0v) is 15.0. The van der Waals surface area contributed by atoms with Gasteiger partial charge in [0, 0.05) is 28.9 Å². The third-order valence-electron chi connectivity index (χ3n) is 3.37. The minimum Gasteiger partial charge on any atom is -0.459 e. The second-order valence-electron chi connectivity index (χ2n) is 6.60. The number of pyridine rings is 1. The lowest BCUT2D eigenvalue weighted by molar-refractivity contribution is -0.152. The van der Waals surface area contributed by atoms with Crippen molar-refractivity contribution in [2.75, 3.05) is 11.9 Å². The minimum absolute atomic E-state index is 0.0275. The summed E-state index contributed by atoms with van der Waals surface area (Å²) < 4.78 is 7.19. The van der Waals surface area contributed by atoms with Crippen LogP contribution < -0.4 is 5.32 Å². The summed E-state index contributed by atoms with van der Waals surface area (Å²) in [5.41, 5.74) is 1.10. The Morgan fingerprint density at radius 1 is 1.32 bits per heavy atom. The molecule has 7 heteroatoms. The fraction of sp³-hybridized carbons (Fsp3) is 0.278. The Morgan fingerprint density at radius 2 is 2.12 bits per heavy atom. The summed E-state index contributed by atoms with van der Waals surface area (Å²) in [6.45, 7) is 5.52. The molecule has 130 valence electrons. The van der Waals surface area contributed by atoms with Crippen LogP contribution >= 0.6 is 11.6 Å². The zero-order chi connectivity index (χ0) is 18.0. The number of halogens is 1. The average molecular weight is 359 g/mol. The van der Waals surface area contributed by atoms with Gasteiger partial charge in [-0.2, -0.15) is 0 Å². The molecule has 0 spiro atoms. The van der Waals surface area contributed by atoms with Gasteiger partial charge in [0.25, 0.3) is 0 Å². The molecule has 0 aliphatic rings. The Kier molecular flexibility index (Phi) is 4.63. The second-order valence-corrected chi connectivity index (χ2v) is 7.03. The maximum atomic E-state index is 11.9. The number of benzene rings is 1. The number of carbonyl (C=O) groups excluding carboxylic acids is 1. The van der Waals surface area contributed by atoms with Gasteiger partial charge in [-0.3, -0.25) is 4.79 Å². The van der Waals surface area contributed by atoms with Crippen molar-refractivity contribution in [1.29, 1.82) is 0 Å². The number of aromatic nitrogens is 3. The van der Waals surface area contributed by atoms with Crippen LogP contribution in [0, 0.1) is 0 Å². The Labute approximate surface area is 150 Å². The van der Waals surface area contributed by atoms with Crippen molar-refractivity contribution in [2.45, 2.75) is 26.4 Å². The van der Waals surface area contributed by atoms with Gasteiger partial charge in [-0.1, -0.05) is 11.6 Å². The SMILES string of the molecule is CC(C)(C)OC(=O)CNc1cc(-n2ccnc2)c2ccc(Cl)cc2n1. The Hall–Kier alpha value is -2.60. The molecule has 0 radical (unpaired) electrons. The molecule has 6 nitrogen and oxygen atoms in total. The number of esters is 1. The van der Waals surface area contributed by atoms with E-state index in [1.54, 1.807) is 18.6 Å². The van der Waals surface area contributed by atoms with Crippen molar-refractivity contribution < 1.29 is 9.53 Å². The van der Waals surface area contributed by atoms with Crippen LogP contribution in [-0.4, -0.2) is 32.7 Å². The molecule has 3 aromatic rings. The second kappa shape index (κ2) is 6.72. The van der Waals surface area contributed by atoms with Gasteiger partial charge in [-0.05, 0) is 39.0 Å². The van der Waals surface area contributed by atoms with Gasteiger partial charge in [0.2, 0.25) is 0 Å². The number of carbonyl (C=O) groups is 1. The highest BCUT2D eigenvalue weighted by molar-refractivity contribution is 6.31. The molecule has 0 amide bonds. The number of hydrogen-bond donors (Lipinski definition) is 1. The number of nitrogens with zero attached hydrogens (tertiary/aromatic N) is 3. The molecule has 0 unspecified atom stereocenters. The minimum atomic E-state index is -0.523. The van der Waals surface area contributed by atoms with Crippen molar-refractivity contribution in [2.24, 2.45) is 0 Å². The summed E-state index contributed by atoms with van der Waals surface area (Å²) in [5, 5.41) is 4.55. The van der Waals surface area contributed by atoms with Crippen LogP contribution in [-0.2, 0) is 9.53 Å². The van der Waals surface area contributed by atoms with Crippen LogP contribution in [0.3, 0.4) is 0 Å². The van der Waals surface area contributed by atoms with Gasteiger partial charge in [-0.15, -0.1) is 0 Å². The fourth-order valence-corrected chi connectivity index (χ4v) is 2.60. The standard InChI is InChI=1S/C18H19ClN4O2/c1-18(2,3)25-17(24)10-21-16-9-15(23-7-6-20-11-23)13-5-4-12(19)8-14(13)22-16/h4-9,11H,10H2,1-3H3,(H,21,22). The van der Waals surface area contributed by atoms with Gasteiger partial charge in [0.1, 0.15) is 18.0 Å². The van der Waals surface area contributed by atoms with Crippen molar-refractivity contribution in [3.8, 4) is 5.69 Å². The summed E-state index contributed by atoms with van der Waals surface area (Å²) in [6.07, 6.45) is 5.26. The van der Waals surface area contributed by atoms with E-state index in [-0.39, 0.29) is 12.5 Å². The Morgan fingerprint density at radius 3 is 2.80 bits per heavy atom. The van der Waals surface area contributed by atoms with E-state index < -0.39 is 5.60 Å². The first-order valence-electron chi connectivity index (χ1n) is 7.86. The van der Waals surface area contributed by atoms with E-state index in [4.69, 9.17) is 16.3 Å². The van der Waals surface area contributed by atoms with E-state index in [0.29, 0.717) is 10.8 Å². The smallest absolute Gasteiger partial charge is 0.325 e. The van der Waals surface area contributed by atoms with Crippen molar-refractivity contribution >= 4 is 34.3 Å². The fourth-order valence-electron chi connectivity index (χ4n) is 2.43. The third-order valence-corrected chi connectivity index (χ3v) is 3.60. The average Bonchev–Trinajstić information content (AvgIpc) is 3.04. The lowest BCUT2D eigenvalue weighted by atomic mass is 10.2. The van der Waals surface area contributed by atoms with E-state index in [0.717, 1.165) is 16.6 Å². The van der Waals surface area contributed by atoms with Crippen LogP contribution in [0.4, 0.5) is 5.82 Å². The normalized spacial score (nSPS) is 11.5. The highest BCUT2D eigenvalue weighted by Crippen LogP contribution is 2.26. The van der Waals surface area contributed by atoms with Crippen molar-refractivity contribution in [3.63, 3.8) is 0 Å². The highest BCUT2D eigenvalue weighted by Gasteiger charge is 2.16. The van der Waals surface area contributed by atoms with Crippen LogP contribution in [0.15, 0.2) is 43.0 Å². The summed E-state index contributed by atoms with van der Waals surface area (Å²) >= 11 is 6.09. The molecule has 0 aliphatic heterocycles. The molecule has 0 atom stereocenters. The van der Waals surface area contributed by atoms with Crippen LogP contribution in [0.25, 0.3) is 16.6 Å². The molecular formula is C18H19ClN4O2. The highest BCUT2D eigenvalue weighted by atomic mass is 35.5. The number of nitrogens with one attached hydrogen (secondary N) is 1. The molecule has 0 fully saturated rings. The first-order chi connectivity index (χ1) is 11.8. The van der Waals surface area contributed by atoms with Gasteiger partial charge in [-0.25, -0.2) is 9.97 Å². The topological polar surface area (TPSA) is 69.0 Å². The van der Waals surface area contributed by atoms with Gasteiger partial charge in [0.15, 0.2) is 0 Å². The molecule has 2 aromatic heterocycles. The number of hydrogen-bond acceptors (Lipinski definition) is 5. The molecule has 3 rings (SSSR count). The van der Waals surface area contributed by atoms with E-state index in [1.165, 1.54) is 0 Å². The monoisotopic (exact) mass is 358 g/mol. The number of imidazole rings is 1. The maximum Gasteiger partial charge on any atom is 0.325 e. The molecular weight excluding hydrogens is 340 g/mol. The summed E-state index contributed by atoms with van der Waals surface area (Å²) in [7, 11) is 0. The third kappa shape index (κ3) is 4.28. The molecule has 0 saturated carbocycles. The maximum absolute atomic E-state index is 11.9. The van der Waals surface area contributed by atoms with E-state index >= 15 is 0 Å². The summed E-state index contributed by atoms with van der Waals surface area (Å²) in [5.74, 6) is 0.217. The van der Waals surface area contributed by atoms with E-state index in [9.17, 15) is 4.79 Å². The Balaban J connectivity index is 1.92. The largest absolute Gasteiger partial charge is 0.459 e. The van der Waals surface area contributed by atoms with Crippen LogP contribution in [0.5, 0.6) is 0 Å². The van der Waals surface area contributed by atoms with E-state index in [2.05, 4.69) is 15.3 Å². The number of rotatable bonds is 4. The molecule has 1 N–H and O–H groups in total. The predicted molar refractivity (Wildman–Crippen MR) is 98.2 cm³/mol. The predicted octanol–water partition coefficient (Wildman–Crippen LogP) is 3.83. The Bertz CT molecular complexity index is 901. The number of ether oxygens (including phenoxy) is 1. The lowest BCUT2D eigenvalue weighted by Crippen LogP contribution is -2.28. The summed E-state index contributed by atoms with van der Waals surface area (Å²) in [6, 6.07) is 7.38. The molecule has 2 heterocycles. The van der Waals surface area contributed by atoms with Crippen LogP contribution in [0.1, 0.15) is 20.8 Å². The zero-order valence-electron chi connectivity index (χ0n) is 14.3. The number of fused-ring (bicyclic) bond motifs is 1. The first-order valence-corrected chi connectivity index (χ1v) is 8.24. The van der Waals surface area contributed by atoms with Gasteiger partial charge in [0.05, 0.1) is 17.5 Å². The van der Waals surface area contributed by atoms with Crippen molar-refractivity contribution in [1.82, 2.24) is 14.5 Å². The van der Waals surface area contributed by atoms with Crippen molar-refractivity contribution in [3.05, 3.63) is 48.0 Å². The van der Waals surface area contributed by atoms with E-state index in [1.807, 2.05) is 49.7 Å². The van der Waals surface area contributed by atoms with Crippen LogP contribution in [0.2, 0.25) is 5.02 Å². The lowest BCUT2D eigenvalue weighted by Gasteiger charge is -2.19. The first kappa shape index (κ1) is 17.2. The molecule has 25 heavy (non-hydrogen) atoms. The molecule has 1 aromatic carbocycles. The molecule has 0 saturated heterocycles. The van der Waals surface area contributed by atoms with Gasteiger partial charge < -0.3 is 14.6 Å².